The first-order chi connectivity index (χ1) is 12.9. The number of nitrogens with two attached hydrogens (primary N) is 1. The van der Waals surface area contributed by atoms with E-state index in [1.165, 1.54) is 0 Å². The van der Waals surface area contributed by atoms with E-state index in [1.54, 1.807) is 6.92 Å². The average molecular weight is 607 g/mol. The zero-order chi connectivity index (χ0) is 21.1. The van der Waals surface area contributed by atoms with Gasteiger partial charge < -0.3 is 32.9 Å². The maximum atomic E-state index is 12.4. The van der Waals surface area contributed by atoms with Gasteiger partial charge in [0.2, 0.25) is 0 Å². The Hall–Kier alpha value is 0.598. The van der Waals surface area contributed by atoms with E-state index >= 15 is 0 Å². The van der Waals surface area contributed by atoms with E-state index in [0.29, 0.717) is 18.9 Å². The van der Waals surface area contributed by atoms with Crippen LogP contribution < -0.4 is 10.6 Å². The molecule has 0 saturated carbocycles. The van der Waals surface area contributed by atoms with E-state index in [2.05, 4.69) is 0 Å². The fourth-order valence-corrected chi connectivity index (χ4v) is 4.21. The van der Waals surface area contributed by atoms with Crippen molar-refractivity contribution in [3.8, 4) is 0 Å². The Balaban J connectivity index is 0.00000420. The van der Waals surface area contributed by atoms with Crippen molar-refractivity contribution in [1.29, 1.82) is 0 Å². The fourth-order valence-electron chi connectivity index (χ4n) is 3.29. The Labute approximate surface area is 188 Å². The van der Waals surface area contributed by atoms with Crippen molar-refractivity contribution in [2.75, 3.05) is 13.2 Å². The molecule has 0 radical (unpaired) electrons. The number of rotatable bonds is 10. The zero-order valence-electron chi connectivity index (χ0n) is 18.0. The van der Waals surface area contributed by atoms with Crippen LogP contribution in [0.25, 0.3) is 0 Å². The predicted octanol–water partition coefficient (Wildman–Crippen LogP) is 1.88. The van der Waals surface area contributed by atoms with Gasteiger partial charge in [-0.1, -0.05) is 0 Å². The van der Waals surface area contributed by atoms with Gasteiger partial charge in [0.15, 0.2) is 5.72 Å². The van der Waals surface area contributed by atoms with Crippen LogP contribution in [0.1, 0.15) is 54.4 Å². The number of phosphoric acid groups is 1. The molecular formula is C18H34NO8PW-2. The number of hydrogen-bond acceptors (Lipinski definition) is 9. The second-order valence-electron chi connectivity index (χ2n) is 8.10. The van der Waals surface area contributed by atoms with Crippen LogP contribution in [0.5, 0.6) is 0 Å². The minimum Gasteiger partial charge on any atom is -0.756 e. The van der Waals surface area contributed by atoms with Crippen molar-refractivity contribution in [2.45, 2.75) is 96.7 Å². The molecule has 0 aromatic rings. The van der Waals surface area contributed by atoms with E-state index in [-0.39, 0.29) is 64.8 Å². The van der Waals surface area contributed by atoms with E-state index < -0.39 is 19.7 Å². The fraction of sp³-hybridized carbons (Fsp3) is 0.944. The van der Waals surface area contributed by atoms with Gasteiger partial charge in [0, 0.05) is 39.7 Å². The summed E-state index contributed by atoms with van der Waals surface area (Å²) in [7, 11) is -4.65. The van der Waals surface area contributed by atoms with E-state index in [9.17, 15) is 9.46 Å². The number of hydrogen-bond donors (Lipinski definition) is 1. The molecule has 2 N–H and O–H groups in total. The van der Waals surface area contributed by atoms with Crippen LogP contribution in [0.15, 0.2) is 0 Å². The van der Waals surface area contributed by atoms with Gasteiger partial charge in [-0.05, 0) is 60.7 Å². The molecule has 2 aliphatic rings. The average Bonchev–Trinajstić information content (AvgIpc) is 3.02. The number of ether oxygens (including phenoxy) is 4. The van der Waals surface area contributed by atoms with Crippen molar-refractivity contribution in [3.63, 3.8) is 0 Å². The molecule has 2 fully saturated rings. The Kier molecular flexibility index (Phi) is 10.9. The van der Waals surface area contributed by atoms with Gasteiger partial charge in [-0.3, -0.25) is 10.3 Å². The molecule has 0 aromatic heterocycles. The van der Waals surface area contributed by atoms with Gasteiger partial charge in [-0.15, -0.1) is 6.10 Å². The standard InChI is InChI=1S/C18H35NO8P.W/c1-11(2)22-10-18(19)17(8-14(6)26-18)27-28(20,21)23-9-16-15(24-12(3)4)7-13(5)25-16;/h11-15,17H,7-10,19H2,1-6H3,(H,20,21);/q-1;/p-1/t13-,14-,15+,17+,18+;/m0./s1. The van der Waals surface area contributed by atoms with Crippen LogP contribution in [0.3, 0.4) is 0 Å². The maximum absolute atomic E-state index is 12.4. The Bertz CT molecular complexity index is 554. The third-order valence-electron chi connectivity index (χ3n) is 4.47. The summed E-state index contributed by atoms with van der Waals surface area (Å²) in [5.41, 5.74) is 4.87. The molecule has 0 bridgehead atoms. The molecule has 172 valence electrons. The topological polar surface area (TPSA) is 122 Å². The summed E-state index contributed by atoms with van der Waals surface area (Å²) in [5.74, 6) is 0. The minimum atomic E-state index is -4.65. The molecule has 2 aliphatic heterocycles. The normalized spacial score (nSPS) is 35.2. The third kappa shape index (κ3) is 8.57. The van der Waals surface area contributed by atoms with Crippen molar-refractivity contribution in [2.24, 2.45) is 5.73 Å². The summed E-state index contributed by atoms with van der Waals surface area (Å²) in [6, 6.07) is 0. The molecule has 0 aliphatic carbocycles. The summed E-state index contributed by atoms with van der Waals surface area (Å²) in [6.45, 7) is 11.0. The first kappa shape index (κ1) is 27.6. The second-order valence-corrected chi connectivity index (χ2v) is 9.46. The van der Waals surface area contributed by atoms with Gasteiger partial charge >= 0.3 is 0 Å². The quantitative estimate of drug-likeness (QED) is 0.293. The van der Waals surface area contributed by atoms with Gasteiger partial charge in [-0.2, -0.15) is 0 Å². The van der Waals surface area contributed by atoms with Gasteiger partial charge in [0.25, 0.3) is 7.82 Å². The molecule has 0 aromatic carbocycles. The summed E-state index contributed by atoms with van der Waals surface area (Å²) < 4.78 is 45.3. The Morgan fingerprint density at radius 1 is 1.21 bits per heavy atom. The van der Waals surface area contributed by atoms with Crippen LogP contribution >= 0.6 is 7.82 Å². The largest absolute Gasteiger partial charge is 0.756 e. The van der Waals surface area contributed by atoms with Crippen LogP contribution in [0.2, 0.25) is 0 Å². The summed E-state index contributed by atoms with van der Waals surface area (Å²) in [5, 5.41) is 0. The van der Waals surface area contributed by atoms with E-state index in [0.717, 1.165) is 0 Å². The van der Waals surface area contributed by atoms with Crippen LogP contribution in [0, 0.1) is 6.10 Å². The molecule has 9 nitrogen and oxygen atoms in total. The first-order valence-electron chi connectivity index (χ1n) is 9.80. The van der Waals surface area contributed by atoms with Crippen molar-refractivity contribution in [3.05, 3.63) is 6.10 Å². The monoisotopic (exact) mass is 607 g/mol. The Morgan fingerprint density at radius 3 is 2.45 bits per heavy atom. The SMILES string of the molecule is CC(C)OC[C@@]1(N)O[C@@H](C)C[C@H]1OP(=O)([O-])OC[C-]1O[C@@H](C)C[C@H]1OC(C)C.[W]. The molecule has 11 heteroatoms. The van der Waals surface area contributed by atoms with Gasteiger partial charge in [0.1, 0.15) is 6.10 Å². The summed E-state index contributed by atoms with van der Waals surface area (Å²) >= 11 is 0. The van der Waals surface area contributed by atoms with Gasteiger partial charge in [0.05, 0.1) is 18.8 Å². The first-order valence-corrected chi connectivity index (χ1v) is 11.3. The van der Waals surface area contributed by atoms with Gasteiger partial charge in [-0.25, -0.2) is 0 Å². The maximum Gasteiger partial charge on any atom is 0.265 e. The molecule has 2 heterocycles. The minimum absolute atomic E-state index is 0. The van der Waals surface area contributed by atoms with Crippen LogP contribution in [0.4, 0.5) is 0 Å². The van der Waals surface area contributed by atoms with Crippen LogP contribution in [-0.2, 0) is 53.6 Å². The second kappa shape index (κ2) is 11.5. The smallest absolute Gasteiger partial charge is 0.265 e. The molecule has 0 spiro atoms. The molecular weight excluding hydrogens is 573 g/mol. The number of phosphoric ester groups is 1. The molecule has 0 amide bonds. The van der Waals surface area contributed by atoms with Crippen molar-refractivity contribution >= 4 is 7.82 Å². The molecule has 2 saturated heterocycles. The zero-order valence-corrected chi connectivity index (χ0v) is 21.8. The van der Waals surface area contributed by atoms with Crippen molar-refractivity contribution < 1.29 is 58.5 Å². The van der Waals surface area contributed by atoms with Crippen molar-refractivity contribution in [1.82, 2.24) is 0 Å². The summed E-state index contributed by atoms with van der Waals surface area (Å²) in [6.07, 6.45) is -0.222. The molecule has 1 unspecified atom stereocenters. The van der Waals surface area contributed by atoms with Crippen LogP contribution in [-0.4, -0.2) is 55.6 Å². The predicted molar refractivity (Wildman–Crippen MR) is 100 cm³/mol. The molecule has 29 heavy (non-hydrogen) atoms. The third-order valence-corrected chi connectivity index (χ3v) is 5.43. The molecule has 6 atom stereocenters. The van der Waals surface area contributed by atoms with E-state index in [4.69, 9.17) is 33.7 Å². The molecule has 2 rings (SSSR count). The summed E-state index contributed by atoms with van der Waals surface area (Å²) in [4.78, 5) is 12.4. The van der Waals surface area contributed by atoms with E-state index in [1.807, 2.05) is 34.6 Å². The Morgan fingerprint density at radius 2 is 1.86 bits per heavy atom.